The topological polar surface area (TPSA) is 60.0 Å². The number of piperidine rings is 1. The summed E-state index contributed by atoms with van der Waals surface area (Å²) in [6, 6.07) is 0. The molecule has 2 N–H and O–H groups in total. The minimum absolute atomic E-state index is 0. The second-order valence-electron chi connectivity index (χ2n) is 6.70. The molecule has 0 unspecified atom stereocenters. The van der Waals surface area contributed by atoms with Crippen molar-refractivity contribution in [3.63, 3.8) is 0 Å². The normalized spacial score (nSPS) is 15.9. The first-order valence-corrected chi connectivity index (χ1v) is 9.53. The average molecular weight is 467 g/mol. The van der Waals surface area contributed by atoms with Crippen LogP contribution in [-0.2, 0) is 4.79 Å². The molecule has 0 aromatic carbocycles. The molecule has 25 heavy (non-hydrogen) atoms. The number of nitrogens with one attached hydrogen (secondary N) is 2. The molecule has 0 radical (unpaired) electrons. The highest BCUT2D eigenvalue weighted by Crippen LogP contribution is 2.20. The zero-order chi connectivity index (χ0) is 17.8. The number of halogens is 1. The minimum atomic E-state index is 0. The number of hydrogen-bond donors (Lipinski definition) is 2. The summed E-state index contributed by atoms with van der Waals surface area (Å²) in [6.07, 6.45) is 5.27. The zero-order valence-corrected chi connectivity index (χ0v) is 18.8. The predicted molar refractivity (Wildman–Crippen MR) is 117 cm³/mol. The minimum Gasteiger partial charge on any atom is -0.359 e. The molecule has 1 heterocycles. The number of unbranched alkanes of at least 4 members (excludes halogenated alkanes) is 1. The average Bonchev–Trinajstić information content (AvgIpc) is 2.59. The lowest BCUT2D eigenvalue weighted by Crippen LogP contribution is -2.46. The van der Waals surface area contributed by atoms with Crippen LogP contribution in [-0.4, -0.2) is 75.0 Å². The van der Waals surface area contributed by atoms with Gasteiger partial charge < -0.3 is 20.4 Å². The number of rotatable bonds is 9. The first-order valence-electron chi connectivity index (χ1n) is 9.53. The number of guanidine groups is 1. The van der Waals surface area contributed by atoms with Crippen molar-refractivity contribution in [3.05, 3.63) is 0 Å². The summed E-state index contributed by atoms with van der Waals surface area (Å²) in [4.78, 5) is 21.0. The smallest absolute Gasteiger partial charge is 0.220 e. The van der Waals surface area contributed by atoms with Crippen LogP contribution in [0.3, 0.4) is 0 Å². The van der Waals surface area contributed by atoms with Crippen molar-refractivity contribution in [2.75, 3.05) is 53.4 Å². The van der Waals surface area contributed by atoms with E-state index in [1.165, 1.54) is 12.8 Å². The van der Waals surface area contributed by atoms with E-state index in [0.29, 0.717) is 12.3 Å². The highest BCUT2D eigenvalue weighted by atomic mass is 127. The van der Waals surface area contributed by atoms with Gasteiger partial charge in [-0.3, -0.25) is 9.79 Å². The number of amides is 1. The predicted octanol–water partition coefficient (Wildman–Crippen LogP) is 2.15. The fourth-order valence-electron chi connectivity index (χ4n) is 3.01. The van der Waals surface area contributed by atoms with Crippen LogP contribution in [0.15, 0.2) is 4.99 Å². The fraction of sp³-hybridized carbons (Fsp3) is 0.889. The van der Waals surface area contributed by atoms with Gasteiger partial charge in [0.05, 0.1) is 6.54 Å². The monoisotopic (exact) mass is 467 g/mol. The van der Waals surface area contributed by atoms with Gasteiger partial charge in [0.2, 0.25) is 5.91 Å². The van der Waals surface area contributed by atoms with Crippen molar-refractivity contribution >= 4 is 35.8 Å². The van der Waals surface area contributed by atoms with Crippen molar-refractivity contribution in [3.8, 4) is 0 Å². The van der Waals surface area contributed by atoms with Crippen LogP contribution in [0.25, 0.3) is 0 Å². The Bertz CT molecular complexity index is 384. The first-order chi connectivity index (χ1) is 11.6. The summed E-state index contributed by atoms with van der Waals surface area (Å²) < 4.78 is 0. The Hall–Kier alpha value is -0.570. The maximum Gasteiger partial charge on any atom is 0.220 e. The maximum absolute atomic E-state index is 11.5. The summed E-state index contributed by atoms with van der Waals surface area (Å²) in [6.45, 7) is 10.2. The molecular weight excluding hydrogens is 429 g/mol. The highest BCUT2D eigenvalue weighted by molar-refractivity contribution is 14.0. The Kier molecular flexibility index (Phi) is 14.3. The Morgan fingerprint density at radius 3 is 2.48 bits per heavy atom. The molecule has 1 saturated heterocycles. The second kappa shape index (κ2) is 14.6. The molecule has 1 rings (SSSR count). The van der Waals surface area contributed by atoms with E-state index in [4.69, 9.17) is 4.99 Å². The van der Waals surface area contributed by atoms with Gasteiger partial charge in [-0.15, -0.1) is 24.0 Å². The molecule has 0 aromatic heterocycles. The Labute approximate surface area is 171 Å². The number of nitrogens with zero attached hydrogens (tertiary/aromatic N) is 3. The van der Waals surface area contributed by atoms with E-state index in [1.54, 1.807) is 7.05 Å². The molecule has 1 fully saturated rings. The summed E-state index contributed by atoms with van der Waals surface area (Å²) in [5.41, 5.74) is 0. The van der Waals surface area contributed by atoms with Crippen LogP contribution >= 0.6 is 24.0 Å². The van der Waals surface area contributed by atoms with Crippen molar-refractivity contribution < 1.29 is 4.79 Å². The van der Waals surface area contributed by atoms with Gasteiger partial charge in [0.15, 0.2) is 5.96 Å². The lowest BCUT2D eigenvalue weighted by atomic mass is 9.93. The molecule has 1 aliphatic rings. The molecule has 0 aromatic rings. The Morgan fingerprint density at radius 2 is 1.92 bits per heavy atom. The van der Waals surface area contributed by atoms with Crippen molar-refractivity contribution in [2.45, 2.75) is 46.0 Å². The molecule has 148 valence electrons. The Balaban J connectivity index is 0.00000576. The van der Waals surface area contributed by atoms with E-state index < -0.39 is 0 Å². The number of carbonyl (C=O) groups excluding carboxylic acids is 1. The molecule has 6 nitrogen and oxygen atoms in total. The van der Waals surface area contributed by atoms with Crippen LogP contribution in [0.2, 0.25) is 0 Å². The van der Waals surface area contributed by atoms with Crippen LogP contribution < -0.4 is 10.6 Å². The van der Waals surface area contributed by atoms with Gasteiger partial charge >= 0.3 is 0 Å². The van der Waals surface area contributed by atoms with Gasteiger partial charge in [0.25, 0.3) is 0 Å². The summed E-state index contributed by atoms with van der Waals surface area (Å²) in [5, 5.41) is 6.14. The maximum atomic E-state index is 11.5. The largest absolute Gasteiger partial charge is 0.359 e. The van der Waals surface area contributed by atoms with Gasteiger partial charge in [0, 0.05) is 39.6 Å². The van der Waals surface area contributed by atoms with Gasteiger partial charge in [-0.25, -0.2) is 0 Å². The molecule has 7 heteroatoms. The third-order valence-electron chi connectivity index (χ3n) is 4.64. The molecule has 0 bridgehead atoms. The SMILES string of the molecule is CCCCN(C)CCN=C(NCC)N1CCC(CC(=O)NC)CC1.I. The zero-order valence-electron chi connectivity index (χ0n) is 16.5. The molecular formula is C18H38IN5O. The number of aliphatic imine (C=N–C) groups is 1. The van der Waals surface area contributed by atoms with E-state index in [1.807, 2.05) is 0 Å². The second-order valence-corrected chi connectivity index (χ2v) is 6.70. The summed E-state index contributed by atoms with van der Waals surface area (Å²) in [7, 11) is 3.88. The van der Waals surface area contributed by atoms with E-state index in [9.17, 15) is 4.79 Å². The number of hydrogen-bond acceptors (Lipinski definition) is 3. The van der Waals surface area contributed by atoms with E-state index >= 15 is 0 Å². The van der Waals surface area contributed by atoms with Crippen LogP contribution in [0.1, 0.15) is 46.0 Å². The van der Waals surface area contributed by atoms with E-state index in [2.05, 4.69) is 41.3 Å². The van der Waals surface area contributed by atoms with Gasteiger partial charge in [-0.05, 0) is 45.7 Å². The Morgan fingerprint density at radius 1 is 1.24 bits per heavy atom. The molecule has 0 aliphatic carbocycles. The van der Waals surface area contributed by atoms with Crippen molar-refractivity contribution in [1.82, 2.24) is 20.4 Å². The van der Waals surface area contributed by atoms with Crippen LogP contribution in [0.4, 0.5) is 0 Å². The van der Waals surface area contributed by atoms with Gasteiger partial charge in [0.1, 0.15) is 0 Å². The van der Waals surface area contributed by atoms with Crippen LogP contribution in [0.5, 0.6) is 0 Å². The number of likely N-dealkylation sites (tertiary alicyclic amines) is 1. The summed E-state index contributed by atoms with van der Waals surface area (Å²) in [5.74, 6) is 1.69. The molecule has 1 amide bonds. The van der Waals surface area contributed by atoms with Crippen molar-refractivity contribution in [1.29, 1.82) is 0 Å². The third kappa shape index (κ3) is 10.2. The quantitative estimate of drug-likeness (QED) is 0.310. The lowest BCUT2D eigenvalue weighted by molar-refractivity contribution is -0.121. The first kappa shape index (κ1) is 24.4. The number of carbonyl (C=O) groups is 1. The van der Waals surface area contributed by atoms with Gasteiger partial charge in [-0.1, -0.05) is 13.3 Å². The molecule has 0 atom stereocenters. The van der Waals surface area contributed by atoms with Gasteiger partial charge in [-0.2, -0.15) is 0 Å². The van der Waals surface area contributed by atoms with Crippen LogP contribution in [0, 0.1) is 5.92 Å². The fourth-order valence-corrected chi connectivity index (χ4v) is 3.01. The third-order valence-corrected chi connectivity index (χ3v) is 4.64. The number of likely N-dealkylation sites (N-methyl/N-ethyl adjacent to an activating group) is 1. The van der Waals surface area contributed by atoms with Crippen molar-refractivity contribution in [2.24, 2.45) is 10.9 Å². The molecule has 0 spiro atoms. The molecule has 1 aliphatic heterocycles. The van der Waals surface area contributed by atoms with E-state index in [-0.39, 0.29) is 29.9 Å². The van der Waals surface area contributed by atoms with E-state index in [0.717, 1.165) is 58.1 Å². The lowest BCUT2D eigenvalue weighted by Gasteiger charge is -2.34. The standard InChI is InChI=1S/C18H37N5O.HI/c1-5-7-11-22(4)14-10-21-18(20-6-2)23-12-8-16(9-13-23)15-17(24)19-3;/h16H,5-15H2,1-4H3,(H,19,24)(H,20,21);1H. The highest BCUT2D eigenvalue weighted by Gasteiger charge is 2.22. The summed E-state index contributed by atoms with van der Waals surface area (Å²) >= 11 is 0. The molecule has 0 saturated carbocycles.